The minimum atomic E-state index is 0.479. The Morgan fingerprint density at radius 3 is 2.29 bits per heavy atom. The SMILES string of the molecule is COC1CC(NCc2c(C)cc(C)cc2C)C1. The van der Waals surface area contributed by atoms with Crippen molar-refractivity contribution >= 4 is 0 Å². The monoisotopic (exact) mass is 233 g/mol. The maximum absolute atomic E-state index is 5.29. The number of benzene rings is 1. The van der Waals surface area contributed by atoms with E-state index in [2.05, 4.69) is 38.2 Å². The molecule has 1 aliphatic rings. The molecule has 1 fully saturated rings. The van der Waals surface area contributed by atoms with Gasteiger partial charge in [0.1, 0.15) is 0 Å². The van der Waals surface area contributed by atoms with Gasteiger partial charge in [0.15, 0.2) is 0 Å². The summed E-state index contributed by atoms with van der Waals surface area (Å²) in [6.45, 7) is 7.55. The summed E-state index contributed by atoms with van der Waals surface area (Å²) in [4.78, 5) is 0. The second kappa shape index (κ2) is 5.19. The lowest BCUT2D eigenvalue weighted by Gasteiger charge is -2.35. The lowest BCUT2D eigenvalue weighted by molar-refractivity contribution is 0.0170. The zero-order valence-electron chi connectivity index (χ0n) is 11.3. The van der Waals surface area contributed by atoms with Gasteiger partial charge in [0.05, 0.1) is 6.10 Å². The number of hydrogen-bond acceptors (Lipinski definition) is 2. The van der Waals surface area contributed by atoms with E-state index in [0.717, 1.165) is 19.4 Å². The summed E-state index contributed by atoms with van der Waals surface area (Å²) in [6.07, 6.45) is 2.79. The smallest absolute Gasteiger partial charge is 0.0601 e. The van der Waals surface area contributed by atoms with Crippen LogP contribution in [0.5, 0.6) is 0 Å². The lowest BCUT2D eigenvalue weighted by atomic mass is 9.89. The summed E-state index contributed by atoms with van der Waals surface area (Å²) >= 11 is 0. The maximum atomic E-state index is 5.29. The molecule has 2 rings (SSSR count). The molecule has 0 saturated heterocycles. The van der Waals surface area contributed by atoms with Crippen molar-refractivity contribution in [2.45, 2.75) is 52.3 Å². The highest BCUT2D eigenvalue weighted by molar-refractivity contribution is 5.37. The molecule has 0 atom stereocenters. The molecule has 1 aromatic carbocycles. The average molecular weight is 233 g/mol. The van der Waals surface area contributed by atoms with Gasteiger partial charge in [0, 0.05) is 19.7 Å². The van der Waals surface area contributed by atoms with Crippen LogP contribution in [0.2, 0.25) is 0 Å². The minimum absolute atomic E-state index is 0.479. The summed E-state index contributed by atoms with van der Waals surface area (Å²) < 4.78 is 5.29. The van der Waals surface area contributed by atoms with Gasteiger partial charge in [0.25, 0.3) is 0 Å². The van der Waals surface area contributed by atoms with Crippen LogP contribution in [0.25, 0.3) is 0 Å². The predicted molar refractivity (Wildman–Crippen MR) is 71.3 cm³/mol. The van der Waals surface area contributed by atoms with Crippen LogP contribution in [-0.4, -0.2) is 19.3 Å². The second-order valence-corrected chi connectivity index (χ2v) is 5.28. The van der Waals surface area contributed by atoms with Crippen molar-refractivity contribution in [3.05, 3.63) is 34.4 Å². The first-order valence-corrected chi connectivity index (χ1v) is 6.43. The summed E-state index contributed by atoms with van der Waals surface area (Å²) in [5, 5.41) is 3.62. The largest absolute Gasteiger partial charge is 0.381 e. The molecule has 0 spiro atoms. The number of hydrogen-bond donors (Lipinski definition) is 1. The van der Waals surface area contributed by atoms with Crippen molar-refractivity contribution in [3.8, 4) is 0 Å². The molecule has 0 unspecified atom stereocenters. The van der Waals surface area contributed by atoms with Gasteiger partial charge in [-0.3, -0.25) is 0 Å². The van der Waals surface area contributed by atoms with E-state index in [0.29, 0.717) is 12.1 Å². The van der Waals surface area contributed by atoms with Crippen LogP contribution in [0.4, 0.5) is 0 Å². The normalized spacial score (nSPS) is 23.5. The molecule has 0 aliphatic heterocycles. The first-order chi connectivity index (χ1) is 8.10. The molecule has 94 valence electrons. The molecule has 0 heterocycles. The Labute approximate surface area is 104 Å². The van der Waals surface area contributed by atoms with E-state index in [4.69, 9.17) is 4.74 Å². The Morgan fingerprint density at radius 2 is 1.76 bits per heavy atom. The Balaban J connectivity index is 1.91. The topological polar surface area (TPSA) is 21.3 Å². The third kappa shape index (κ3) is 2.88. The van der Waals surface area contributed by atoms with E-state index in [1.165, 1.54) is 22.3 Å². The van der Waals surface area contributed by atoms with Crippen LogP contribution < -0.4 is 5.32 Å². The van der Waals surface area contributed by atoms with Gasteiger partial charge in [0.2, 0.25) is 0 Å². The molecule has 0 aromatic heterocycles. The third-order valence-electron chi connectivity index (χ3n) is 3.84. The molecule has 1 N–H and O–H groups in total. The zero-order valence-corrected chi connectivity index (χ0v) is 11.3. The van der Waals surface area contributed by atoms with E-state index >= 15 is 0 Å². The van der Waals surface area contributed by atoms with Crippen LogP contribution in [0.15, 0.2) is 12.1 Å². The van der Waals surface area contributed by atoms with Crippen molar-refractivity contribution in [2.75, 3.05) is 7.11 Å². The zero-order chi connectivity index (χ0) is 12.4. The Morgan fingerprint density at radius 1 is 1.18 bits per heavy atom. The second-order valence-electron chi connectivity index (χ2n) is 5.28. The van der Waals surface area contributed by atoms with E-state index in [-0.39, 0.29) is 0 Å². The van der Waals surface area contributed by atoms with Gasteiger partial charge >= 0.3 is 0 Å². The molecule has 2 heteroatoms. The molecule has 0 radical (unpaired) electrons. The van der Waals surface area contributed by atoms with Gasteiger partial charge in [-0.05, 0) is 50.3 Å². The molecule has 0 amide bonds. The van der Waals surface area contributed by atoms with Crippen LogP contribution in [0.1, 0.15) is 35.1 Å². The Hall–Kier alpha value is -0.860. The fraction of sp³-hybridized carbons (Fsp3) is 0.600. The number of nitrogens with one attached hydrogen (secondary N) is 1. The Kier molecular flexibility index (Phi) is 3.85. The highest BCUT2D eigenvalue weighted by Crippen LogP contribution is 2.24. The standard InChI is InChI=1S/C15H23NO/c1-10-5-11(2)15(12(3)6-10)9-16-13-7-14(8-13)17-4/h5-6,13-14,16H,7-9H2,1-4H3. The van der Waals surface area contributed by atoms with Gasteiger partial charge in [-0.2, -0.15) is 0 Å². The summed E-state index contributed by atoms with van der Waals surface area (Å²) in [5.74, 6) is 0. The highest BCUT2D eigenvalue weighted by atomic mass is 16.5. The third-order valence-corrected chi connectivity index (χ3v) is 3.84. The van der Waals surface area contributed by atoms with E-state index in [9.17, 15) is 0 Å². The Bertz CT molecular complexity index is 371. The van der Waals surface area contributed by atoms with E-state index in [1.54, 1.807) is 7.11 Å². The number of methoxy groups -OCH3 is 1. The molecule has 2 nitrogen and oxygen atoms in total. The van der Waals surface area contributed by atoms with Crippen molar-refractivity contribution in [2.24, 2.45) is 0 Å². The van der Waals surface area contributed by atoms with Crippen molar-refractivity contribution in [3.63, 3.8) is 0 Å². The first kappa shape index (κ1) is 12.6. The van der Waals surface area contributed by atoms with Gasteiger partial charge < -0.3 is 10.1 Å². The quantitative estimate of drug-likeness (QED) is 0.863. The molecular formula is C15H23NO. The summed E-state index contributed by atoms with van der Waals surface area (Å²) in [7, 11) is 1.80. The minimum Gasteiger partial charge on any atom is -0.381 e. The molecule has 1 aromatic rings. The van der Waals surface area contributed by atoms with Crippen LogP contribution in [0.3, 0.4) is 0 Å². The molecule has 1 saturated carbocycles. The van der Waals surface area contributed by atoms with Crippen molar-refractivity contribution < 1.29 is 4.74 Å². The van der Waals surface area contributed by atoms with E-state index in [1.807, 2.05) is 0 Å². The lowest BCUT2D eigenvalue weighted by Crippen LogP contribution is -2.44. The fourth-order valence-electron chi connectivity index (χ4n) is 2.66. The fourth-order valence-corrected chi connectivity index (χ4v) is 2.66. The number of ether oxygens (including phenoxy) is 1. The summed E-state index contributed by atoms with van der Waals surface area (Å²) in [5.41, 5.74) is 5.61. The first-order valence-electron chi connectivity index (χ1n) is 6.43. The van der Waals surface area contributed by atoms with Crippen molar-refractivity contribution in [1.82, 2.24) is 5.32 Å². The maximum Gasteiger partial charge on any atom is 0.0601 e. The van der Waals surface area contributed by atoms with E-state index < -0.39 is 0 Å². The van der Waals surface area contributed by atoms with Gasteiger partial charge in [-0.25, -0.2) is 0 Å². The predicted octanol–water partition coefficient (Wildman–Crippen LogP) is 2.88. The van der Waals surface area contributed by atoms with Crippen LogP contribution >= 0.6 is 0 Å². The van der Waals surface area contributed by atoms with Crippen molar-refractivity contribution in [1.29, 1.82) is 0 Å². The van der Waals surface area contributed by atoms with Gasteiger partial charge in [-0.15, -0.1) is 0 Å². The molecule has 0 bridgehead atoms. The number of aryl methyl sites for hydroxylation is 3. The van der Waals surface area contributed by atoms with Crippen LogP contribution in [0, 0.1) is 20.8 Å². The van der Waals surface area contributed by atoms with Gasteiger partial charge in [-0.1, -0.05) is 17.7 Å². The van der Waals surface area contributed by atoms with Crippen LogP contribution in [-0.2, 0) is 11.3 Å². The molecular weight excluding hydrogens is 210 g/mol. The molecule has 17 heavy (non-hydrogen) atoms. The molecule has 1 aliphatic carbocycles. The summed E-state index contributed by atoms with van der Waals surface area (Å²) in [6, 6.07) is 5.17. The number of rotatable bonds is 4. The average Bonchev–Trinajstić information content (AvgIpc) is 2.18. The highest BCUT2D eigenvalue weighted by Gasteiger charge is 2.28.